The van der Waals surface area contributed by atoms with Crippen LogP contribution in [0, 0.1) is 56.7 Å². The molecule has 1 heteroatoms. The third-order valence-corrected chi connectivity index (χ3v) is 13.5. The van der Waals surface area contributed by atoms with Gasteiger partial charge in [0.15, 0.2) is 0 Å². The molecule has 1 nitrogen and oxygen atoms in total. The van der Waals surface area contributed by atoms with Crippen LogP contribution in [0.15, 0.2) is 12.2 Å². The fourth-order valence-corrected chi connectivity index (χ4v) is 11.5. The smallest absolute Gasteiger partial charge is 0.0594 e. The van der Waals surface area contributed by atoms with Crippen LogP contribution in [-0.2, 0) is 0 Å². The van der Waals surface area contributed by atoms with Crippen LogP contribution in [0.4, 0.5) is 0 Å². The molecule has 0 spiro atoms. The lowest BCUT2D eigenvalue weighted by atomic mass is 9.32. The van der Waals surface area contributed by atoms with Gasteiger partial charge < -0.3 is 5.11 Å². The summed E-state index contributed by atoms with van der Waals surface area (Å²) in [5, 5.41) is 10.9. The van der Waals surface area contributed by atoms with Gasteiger partial charge in [-0.3, -0.25) is 0 Å². The Morgan fingerprint density at radius 2 is 1.45 bits per heavy atom. The molecule has 0 heterocycles. The highest BCUT2D eigenvalue weighted by atomic mass is 16.3. The predicted molar refractivity (Wildman–Crippen MR) is 131 cm³/mol. The topological polar surface area (TPSA) is 20.2 Å². The first-order chi connectivity index (χ1) is 14.3. The van der Waals surface area contributed by atoms with Crippen molar-refractivity contribution in [2.45, 2.75) is 119 Å². The van der Waals surface area contributed by atoms with Crippen molar-refractivity contribution in [3.63, 3.8) is 0 Å². The van der Waals surface area contributed by atoms with E-state index in [-0.39, 0.29) is 11.5 Å². The Hall–Kier alpha value is -0.300. The highest BCUT2D eigenvalue weighted by Gasteiger charge is 2.70. The van der Waals surface area contributed by atoms with Crippen molar-refractivity contribution >= 4 is 0 Å². The standard InChI is InChI=1S/C30H50O/c1-19(2)20-11-14-27(5)17-18-29(7)21(25(20)27)9-10-23-28(6)15-13-24(31)26(3,4)22(28)12-16-30(23,29)8/h20-25,31H,1,9-18H2,2-8H3/t20-,21+,22-,23+,24+,25+,27+,28-,29+,30+/m1/s1. The van der Waals surface area contributed by atoms with E-state index in [0.717, 1.165) is 30.1 Å². The molecule has 0 aromatic rings. The molecule has 0 bridgehead atoms. The van der Waals surface area contributed by atoms with Gasteiger partial charge in [0.25, 0.3) is 0 Å². The van der Waals surface area contributed by atoms with Crippen LogP contribution in [0.25, 0.3) is 0 Å². The minimum atomic E-state index is -0.118. The van der Waals surface area contributed by atoms with Crippen molar-refractivity contribution in [2.24, 2.45) is 56.7 Å². The van der Waals surface area contributed by atoms with Crippen LogP contribution >= 0.6 is 0 Å². The number of hydrogen-bond acceptors (Lipinski definition) is 1. The van der Waals surface area contributed by atoms with Crippen LogP contribution in [-0.4, -0.2) is 11.2 Å². The number of rotatable bonds is 1. The molecule has 0 amide bonds. The van der Waals surface area contributed by atoms with Crippen molar-refractivity contribution in [3.8, 4) is 0 Å². The first-order valence-electron chi connectivity index (χ1n) is 13.6. The van der Waals surface area contributed by atoms with Crippen molar-refractivity contribution in [2.75, 3.05) is 0 Å². The zero-order valence-corrected chi connectivity index (χ0v) is 21.7. The summed E-state index contributed by atoms with van der Waals surface area (Å²) >= 11 is 0. The Morgan fingerprint density at radius 3 is 2.13 bits per heavy atom. The molecule has 0 aromatic carbocycles. The third kappa shape index (κ3) is 2.65. The quantitative estimate of drug-likeness (QED) is 0.421. The maximum atomic E-state index is 10.9. The van der Waals surface area contributed by atoms with E-state index in [9.17, 15) is 5.11 Å². The summed E-state index contributed by atoms with van der Waals surface area (Å²) in [6.07, 6.45) is 13.4. The molecule has 0 aromatic heterocycles. The molecule has 5 fully saturated rings. The van der Waals surface area contributed by atoms with E-state index in [1.54, 1.807) is 0 Å². The molecule has 0 aliphatic heterocycles. The maximum absolute atomic E-state index is 10.9. The molecule has 10 atom stereocenters. The molecule has 1 N–H and O–H groups in total. The zero-order chi connectivity index (χ0) is 22.6. The fourth-order valence-electron chi connectivity index (χ4n) is 11.5. The second-order valence-corrected chi connectivity index (χ2v) is 14.7. The Balaban J connectivity index is 1.54. The van der Waals surface area contributed by atoms with Gasteiger partial charge >= 0.3 is 0 Å². The number of aliphatic hydroxyl groups is 1. The van der Waals surface area contributed by atoms with Gasteiger partial charge in [0.2, 0.25) is 0 Å². The average Bonchev–Trinajstić information content (AvgIpc) is 3.04. The van der Waals surface area contributed by atoms with Crippen LogP contribution in [0.2, 0.25) is 0 Å². The van der Waals surface area contributed by atoms with Gasteiger partial charge in [-0.25, -0.2) is 0 Å². The molecule has 0 saturated heterocycles. The van der Waals surface area contributed by atoms with E-state index in [2.05, 4.69) is 55.0 Å². The maximum Gasteiger partial charge on any atom is 0.0594 e. The molecule has 0 unspecified atom stereocenters. The van der Waals surface area contributed by atoms with Gasteiger partial charge in [-0.2, -0.15) is 0 Å². The molecule has 176 valence electrons. The van der Waals surface area contributed by atoms with Gasteiger partial charge in [0.05, 0.1) is 6.10 Å². The Kier molecular flexibility index (Phi) is 4.82. The largest absolute Gasteiger partial charge is 0.393 e. The molecule has 5 saturated carbocycles. The Labute approximate surface area is 192 Å². The molecule has 5 rings (SSSR count). The average molecular weight is 427 g/mol. The lowest BCUT2D eigenvalue weighted by Gasteiger charge is -2.73. The molecule has 5 aliphatic carbocycles. The summed E-state index contributed by atoms with van der Waals surface area (Å²) in [4.78, 5) is 0. The summed E-state index contributed by atoms with van der Waals surface area (Å²) in [6, 6.07) is 0. The Morgan fingerprint density at radius 1 is 0.742 bits per heavy atom. The van der Waals surface area contributed by atoms with E-state index in [0.29, 0.717) is 27.6 Å². The van der Waals surface area contributed by atoms with Crippen molar-refractivity contribution in [1.82, 2.24) is 0 Å². The summed E-state index contributed by atoms with van der Waals surface area (Å²) in [5.41, 5.74) is 3.38. The number of aliphatic hydroxyl groups excluding tert-OH is 1. The molecular weight excluding hydrogens is 376 g/mol. The fraction of sp³-hybridized carbons (Fsp3) is 0.933. The number of fused-ring (bicyclic) bond motifs is 7. The predicted octanol–water partition coefficient (Wildman–Crippen LogP) is 8.02. The molecular formula is C30H50O. The SMILES string of the molecule is C=C(C)[C@H]1CC[C@@]2(C)CC[C@@]3(C)[C@@H](CC[C@H]4[C@]5(C)CC[C@H](O)C(C)(C)[C@H]5CC[C@@]43C)[C@H]12. The molecule has 0 radical (unpaired) electrons. The van der Waals surface area contributed by atoms with Crippen molar-refractivity contribution in [3.05, 3.63) is 12.2 Å². The van der Waals surface area contributed by atoms with Gasteiger partial charge in [0.1, 0.15) is 0 Å². The first-order valence-corrected chi connectivity index (χ1v) is 13.6. The van der Waals surface area contributed by atoms with E-state index in [1.165, 1.54) is 63.4 Å². The lowest BCUT2D eigenvalue weighted by molar-refractivity contribution is -0.246. The van der Waals surface area contributed by atoms with Crippen LogP contribution < -0.4 is 0 Å². The molecule has 31 heavy (non-hydrogen) atoms. The molecule has 5 aliphatic rings. The Bertz CT molecular complexity index is 766. The van der Waals surface area contributed by atoms with Gasteiger partial charge in [-0.05, 0) is 128 Å². The van der Waals surface area contributed by atoms with E-state index in [1.807, 2.05) is 0 Å². The van der Waals surface area contributed by atoms with Crippen molar-refractivity contribution in [1.29, 1.82) is 0 Å². The summed E-state index contributed by atoms with van der Waals surface area (Å²) < 4.78 is 0. The minimum Gasteiger partial charge on any atom is -0.393 e. The number of allylic oxidation sites excluding steroid dienone is 1. The van der Waals surface area contributed by atoms with Crippen LogP contribution in [0.3, 0.4) is 0 Å². The normalized spacial score (nSPS) is 57.9. The van der Waals surface area contributed by atoms with Crippen LogP contribution in [0.5, 0.6) is 0 Å². The van der Waals surface area contributed by atoms with E-state index < -0.39 is 0 Å². The van der Waals surface area contributed by atoms with Gasteiger partial charge in [-0.15, -0.1) is 0 Å². The monoisotopic (exact) mass is 426 g/mol. The van der Waals surface area contributed by atoms with Crippen molar-refractivity contribution < 1.29 is 5.11 Å². The minimum absolute atomic E-state index is 0.0632. The second-order valence-electron chi connectivity index (χ2n) is 14.7. The summed E-state index contributed by atoms with van der Waals surface area (Å²) in [7, 11) is 0. The van der Waals surface area contributed by atoms with E-state index in [4.69, 9.17) is 0 Å². The highest BCUT2D eigenvalue weighted by Crippen LogP contribution is 2.77. The highest BCUT2D eigenvalue weighted by molar-refractivity contribution is 5.21. The third-order valence-electron chi connectivity index (χ3n) is 13.5. The first kappa shape index (κ1) is 22.5. The summed E-state index contributed by atoms with van der Waals surface area (Å²) in [6.45, 7) is 22.3. The van der Waals surface area contributed by atoms with Crippen LogP contribution in [0.1, 0.15) is 113 Å². The zero-order valence-electron chi connectivity index (χ0n) is 21.7. The van der Waals surface area contributed by atoms with Gasteiger partial charge in [0, 0.05) is 0 Å². The second kappa shape index (κ2) is 6.64. The lowest BCUT2D eigenvalue weighted by Crippen LogP contribution is -2.66. The van der Waals surface area contributed by atoms with E-state index >= 15 is 0 Å². The van der Waals surface area contributed by atoms with Gasteiger partial charge in [-0.1, -0.05) is 53.7 Å². The summed E-state index contributed by atoms with van der Waals surface area (Å²) in [5.74, 6) is 3.98. The number of hydrogen-bond donors (Lipinski definition) is 1.